The van der Waals surface area contributed by atoms with Crippen molar-refractivity contribution in [3.8, 4) is 0 Å². The van der Waals surface area contributed by atoms with Gasteiger partial charge in [-0.1, -0.05) is 0 Å². The third-order valence-corrected chi connectivity index (χ3v) is 2.68. The maximum absolute atomic E-state index is 13.6. The molecule has 1 fully saturated rings. The van der Waals surface area contributed by atoms with Gasteiger partial charge in [0.2, 0.25) is 0 Å². The van der Waals surface area contributed by atoms with E-state index in [1.165, 1.54) is 6.20 Å². The Bertz CT molecular complexity index is 445. The molecule has 1 aliphatic heterocycles. The van der Waals surface area contributed by atoms with Gasteiger partial charge >= 0.3 is 0 Å². The van der Waals surface area contributed by atoms with Crippen molar-refractivity contribution < 1.29 is 8.78 Å². The molecule has 0 amide bonds. The van der Waals surface area contributed by atoms with Crippen LogP contribution in [0.1, 0.15) is 18.0 Å². The number of nitrogens with zero attached hydrogens (tertiary/aromatic N) is 1. The zero-order valence-corrected chi connectivity index (χ0v) is 8.46. The Morgan fingerprint density at radius 2 is 2.31 bits per heavy atom. The van der Waals surface area contributed by atoms with E-state index >= 15 is 0 Å². The van der Waals surface area contributed by atoms with Gasteiger partial charge < -0.3 is 16.0 Å². The molecule has 5 nitrogen and oxygen atoms in total. The summed E-state index contributed by atoms with van der Waals surface area (Å²) in [6.45, 7) is 0.411. The molecule has 0 bridgehead atoms. The van der Waals surface area contributed by atoms with Gasteiger partial charge in [-0.3, -0.25) is 4.79 Å². The Morgan fingerprint density at radius 1 is 1.56 bits per heavy atom. The number of nitrogens with one attached hydrogen (secondary N) is 2. The number of aromatic amines is 1. The average molecular weight is 230 g/mol. The van der Waals surface area contributed by atoms with E-state index < -0.39 is 17.4 Å². The topological polar surface area (TPSA) is 83.8 Å². The third-order valence-electron chi connectivity index (χ3n) is 2.68. The number of hydrogen-bond donors (Lipinski definition) is 3. The molecule has 16 heavy (non-hydrogen) atoms. The molecule has 2 heterocycles. The van der Waals surface area contributed by atoms with Gasteiger partial charge in [0.25, 0.3) is 11.5 Å². The predicted molar refractivity (Wildman–Crippen MR) is 54.4 cm³/mol. The van der Waals surface area contributed by atoms with Crippen molar-refractivity contribution >= 4 is 5.82 Å². The van der Waals surface area contributed by atoms with Crippen LogP contribution in [0.3, 0.4) is 0 Å². The second kappa shape index (κ2) is 3.82. The van der Waals surface area contributed by atoms with Crippen molar-refractivity contribution in [1.29, 1.82) is 0 Å². The molecule has 1 aromatic heterocycles. The molecule has 88 valence electrons. The zero-order valence-electron chi connectivity index (χ0n) is 8.46. The van der Waals surface area contributed by atoms with Crippen molar-refractivity contribution in [2.75, 3.05) is 18.8 Å². The lowest BCUT2D eigenvalue weighted by Crippen LogP contribution is -2.43. The summed E-state index contributed by atoms with van der Waals surface area (Å²) in [5.74, 6) is -4.14. The lowest BCUT2D eigenvalue weighted by molar-refractivity contribution is -0.0491. The molecule has 1 saturated heterocycles. The van der Waals surface area contributed by atoms with E-state index in [0.717, 1.165) is 0 Å². The molecule has 1 atom stereocenters. The molecule has 0 aliphatic carbocycles. The molecule has 0 aromatic carbocycles. The molecule has 1 aromatic rings. The number of nitrogen functional groups attached to an aromatic ring is 1. The maximum atomic E-state index is 13.6. The lowest BCUT2D eigenvalue weighted by Gasteiger charge is -2.31. The van der Waals surface area contributed by atoms with E-state index in [-0.39, 0.29) is 31.0 Å². The fourth-order valence-electron chi connectivity index (χ4n) is 1.76. The molecule has 1 unspecified atom stereocenters. The van der Waals surface area contributed by atoms with Crippen LogP contribution in [0, 0.1) is 0 Å². The normalized spacial score (nSPS) is 24.2. The summed E-state index contributed by atoms with van der Waals surface area (Å²) in [6.07, 6.45) is 0.961. The smallest absolute Gasteiger partial charge is 0.290 e. The van der Waals surface area contributed by atoms with Crippen molar-refractivity contribution in [1.82, 2.24) is 15.3 Å². The number of halogens is 2. The third kappa shape index (κ3) is 1.90. The van der Waals surface area contributed by atoms with Crippen LogP contribution in [-0.2, 0) is 0 Å². The summed E-state index contributed by atoms with van der Waals surface area (Å²) in [6, 6.07) is 0. The van der Waals surface area contributed by atoms with Gasteiger partial charge in [0.1, 0.15) is 0 Å². The summed E-state index contributed by atoms with van der Waals surface area (Å²) in [5.41, 5.74) is 4.86. The minimum Gasteiger partial charge on any atom is -0.379 e. The Hall–Kier alpha value is -1.50. The fraction of sp³-hybridized carbons (Fsp3) is 0.556. The number of rotatable bonds is 1. The molecular formula is C9H12F2N4O. The first kappa shape index (κ1) is 11.0. The Kier molecular flexibility index (Phi) is 2.63. The van der Waals surface area contributed by atoms with E-state index in [2.05, 4.69) is 15.3 Å². The quantitative estimate of drug-likeness (QED) is 0.637. The van der Waals surface area contributed by atoms with Gasteiger partial charge in [0, 0.05) is 25.7 Å². The van der Waals surface area contributed by atoms with Crippen molar-refractivity contribution in [2.24, 2.45) is 0 Å². The highest BCUT2D eigenvalue weighted by Crippen LogP contribution is 2.36. The molecule has 0 spiro atoms. The number of nitrogens with two attached hydrogens (primary N) is 1. The largest absolute Gasteiger partial charge is 0.379 e. The summed E-state index contributed by atoms with van der Waals surface area (Å²) in [7, 11) is 0. The standard InChI is InChI=1S/C9H12F2N4O/c10-9(11)1-2-13-3-5(9)6-4-14-8(16)7(12)15-6/h4-5,13H,1-3H2,(H2,12,15)(H,14,16). The second-order valence-electron chi connectivity index (χ2n) is 3.81. The summed E-state index contributed by atoms with van der Waals surface area (Å²) in [5, 5.41) is 2.87. The summed E-state index contributed by atoms with van der Waals surface area (Å²) >= 11 is 0. The first-order valence-electron chi connectivity index (χ1n) is 4.94. The molecule has 2 rings (SSSR count). The Labute approximate surface area is 90.1 Å². The number of alkyl halides is 2. The molecule has 4 N–H and O–H groups in total. The fourth-order valence-corrected chi connectivity index (χ4v) is 1.76. The van der Waals surface area contributed by atoms with Crippen molar-refractivity contribution in [3.05, 3.63) is 22.2 Å². The monoisotopic (exact) mass is 230 g/mol. The van der Waals surface area contributed by atoms with E-state index in [1.54, 1.807) is 0 Å². The summed E-state index contributed by atoms with van der Waals surface area (Å²) in [4.78, 5) is 17.0. The van der Waals surface area contributed by atoms with Crippen LogP contribution in [0.4, 0.5) is 14.6 Å². The maximum Gasteiger partial charge on any atom is 0.290 e. The van der Waals surface area contributed by atoms with Crippen molar-refractivity contribution in [3.63, 3.8) is 0 Å². The van der Waals surface area contributed by atoms with Crippen LogP contribution in [0.5, 0.6) is 0 Å². The highest BCUT2D eigenvalue weighted by molar-refractivity contribution is 5.26. The highest BCUT2D eigenvalue weighted by atomic mass is 19.3. The van der Waals surface area contributed by atoms with E-state index in [1.807, 2.05) is 0 Å². The van der Waals surface area contributed by atoms with Crippen LogP contribution in [0.2, 0.25) is 0 Å². The number of hydrogen-bond acceptors (Lipinski definition) is 4. The molecular weight excluding hydrogens is 218 g/mol. The van der Waals surface area contributed by atoms with Gasteiger partial charge in [-0.15, -0.1) is 0 Å². The minimum atomic E-state index is -2.82. The number of anilines is 1. The van der Waals surface area contributed by atoms with Crippen LogP contribution >= 0.6 is 0 Å². The lowest BCUT2D eigenvalue weighted by atomic mass is 9.92. The van der Waals surface area contributed by atoms with Crippen LogP contribution in [0.25, 0.3) is 0 Å². The van der Waals surface area contributed by atoms with E-state index in [9.17, 15) is 13.6 Å². The summed E-state index contributed by atoms with van der Waals surface area (Å²) < 4.78 is 27.1. The molecule has 0 saturated carbocycles. The van der Waals surface area contributed by atoms with E-state index in [0.29, 0.717) is 0 Å². The number of piperidine rings is 1. The molecule has 1 aliphatic rings. The van der Waals surface area contributed by atoms with Gasteiger partial charge in [0.05, 0.1) is 11.6 Å². The Morgan fingerprint density at radius 3 is 2.94 bits per heavy atom. The molecule has 0 radical (unpaired) electrons. The van der Waals surface area contributed by atoms with Crippen LogP contribution < -0.4 is 16.6 Å². The van der Waals surface area contributed by atoms with Crippen molar-refractivity contribution in [2.45, 2.75) is 18.3 Å². The second-order valence-corrected chi connectivity index (χ2v) is 3.81. The SMILES string of the molecule is Nc1nc(C2CNCCC2(F)F)c[nH]c1=O. The highest BCUT2D eigenvalue weighted by Gasteiger charge is 2.43. The zero-order chi connectivity index (χ0) is 11.8. The predicted octanol–water partition coefficient (Wildman–Crippen LogP) is 0.0643. The van der Waals surface area contributed by atoms with Crippen LogP contribution in [0.15, 0.2) is 11.0 Å². The van der Waals surface area contributed by atoms with Crippen LogP contribution in [-0.4, -0.2) is 29.0 Å². The Balaban J connectivity index is 2.35. The van der Waals surface area contributed by atoms with Gasteiger partial charge in [-0.25, -0.2) is 13.8 Å². The average Bonchev–Trinajstić information content (AvgIpc) is 2.22. The number of aromatic nitrogens is 2. The van der Waals surface area contributed by atoms with Gasteiger partial charge in [-0.2, -0.15) is 0 Å². The minimum absolute atomic E-state index is 0.120. The first-order valence-corrected chi connectivity index (χ1v) is 4.94. The van der Waals surface area contributed by atoms with Gasteiger partial charge in [-0.05, 0) is 0 Å². The van der Waals surface area contributed by atoms with E-state index in [4.69, 9.17) is 5.73 Å². The number of H-pyrrole nitrogens is 1. The van der Waals surface area contributed by atoms with Gasteiger partial charge in [0.15, 0.2) is 5.82 Å². The first-order chi connectivity index (χ1) is 7.50. The molecule has 7 heteroatoms.